The normalized spacial score (nSPS) is 11.5. The highest BCUT2D eigenvalue weighted by Crippen LogP contribution is 2.18. The second-order valence-corrected chi connectivity index (χ2v) is 3.33. The third-order valence-corrected chi connectivity index (χ3v) is 2.03. The minimum atomic E-state index is -1.03. The number of esters is 1. The van der Waals surface area contributed by atoms with E-state index in [1.807, 2.05) is 0 Å². The highest BCUT2D eigenvalue weighted by Gasteiger charge is 2.14. The number of nitrogens with zero attached hydrogens (tertiary/aromatic N) is 1. The molecule has 1 aromatic heterocycles. The first-order valence-corrected chi connectivity index (χ1v) is 5.07. The zero-order chi connectivity index (χ0) is 12.7. The summed E-state index contributed by atoms with van der Waals surface area (Å²) in [5, 5.41) is 8.43. The van der Waals surface area contributed by atoms with Crippen LogP contribution in [0.5, 0.6) is 0 Å². The fourth-order valence-corrected chi connectivity index (χ4v) is 1.21. The average Bonchev–Trinajstić information content (AvgIpc) is 2.34. The van der Waals surface area contributed by atoms with E-state index in [1.54, 1.807) is 24.5 Å². The van der Waals surface area contributed by atoms with Gasteiger partial charge in [0.1, 0.15) is 6.10 Å². The summed E-state index contributed by atoms with van der Waals surface area (Å²) in [6, 6.07) is 3.47. The molecule has 0 fully saturated rings. The number of carboxylic acids is 1. The molecular formula is C12H13NO4. The van der Waals surface area contributed by atoms with Gasteiger partial charge in [-0.1, -0.05) is 12.6 Å². The van der Waals surface area contributed by atoms with E-state index in [0.717, 1.165) is 0 Å². The van der Waals surface area contributed by atoms with Crippen LogP contribution < -0.4 is 0 Å². The molecule has 0 amide bonds. The fraction of sp³-hybridized carbons (Fsp3) is 0.250. The van der Waals surface area contributed by atoms with Crippen molar-refractivity contribution in [1.29, 1.82) is 0 Å². The first kappa shape index (κ1) is 12.9. The number of ether oxygens (including phenoxy) is 1. The monoisotopic (exact) mass is 235 g/mol. The summed E-state index contributed by atoms with van der Waals surface area (Å²) in [6.07, 6.45) is 3.66. The van der Waals surface area contributed by atoms with Crippen molar-refractivity contribution in [3.8, 4) is 0 Å². The summed E-state index contributed by atoms with van der Waals surface area (Å²) in [5.41, 5.74) is 0.700. The van der Waals surface area contributed by atoms with Crippen LogP contribution in [0.2, 0.25) is 0 Å². The van der Waals surface area contributed by atoms with Gasteiger partial charge < -0.3 is 9.84 Å². The van der Waals surface area contributed by atoms with Crippen LogP contribution >= 0.6 is 0 Å². The lowest BCUT2D eigenvalue weighted by molar-refractivity contribution is -0.150. The van der Waals surface area contributed by atoms with Crippen molar-refractivity contribution in [2.75, 3.05) is 0 Å². The summed E-state index contributed by atoms with van der Waals surface area (Å²) >= 11 is 0. The van der Waals surface area contributed by atoms with Gasteiger partial charge in [0.05, 0.1) is 12.8 Å². The van der Waals surface area contributed by atoms with Gasteiger partial charge in [-0.15, -0.1) is 0 Å². The summed E-state index contributed by atoms with van der Waals surface area (Å²) in [4.78, 5) is 25.5. The molecule has 17 heavy (non-hydrogen) atoms. The van der Waals surface area contributed by atoms with E-state index in [4.69, 9.17) is 9.84 Å². The van der Waals surface area contributed by atoms with E-state index in [1.165, 1.54) is 6.08 Å². The van der Waals surface area contributed by atoms with E-state index in [2.05, 4.69) is 11.6 Å². The fourth-order valence-electron chi connectivity index (χ4n) is 1.21. The summed E-state index contributed by atoms with van der Waals surface area (Å²) in [7, 11) is 0. The van der Waals surface area contributed by atoms with E-state index >= 15 is 0 Å². The van der Waals surface area contributed by atoms with Crippen LogP contribution in [0.4, 0.5) is 0 Å². The maximum absolute atomic E-state index is 11.3. The number of aliphatic carboxylic acids is 1. The Hall–Kier alpha value is -2.17. The molecule has 5 nitrogen and oxygen atoms in total. The molecule has 5 heteroatoms. The molecule has 0 spiro atoms. The molecule has 0 aromatic carbocycles. The number of pyridine rings is 1. The number of carbonyl (C=O) groups is 2. The number of hydrogen-bond acceptors (Lipinski definition) is 4. The van der Waals surface area contributed by atoms with Crippen LogP contribution in [-0.4, -0.2) is 22.0 Å². The van der Waals surface area contributed by atoms with Gasteiger partial charge in [0.2, 0.25) is 0 Å². The molecule has 0 radical (unpaired) electrons. The Labute approximate surface area is 98.7 Å². The molecule has 1 unspecified atom stereocenters. The number of carboxylic acid groups (broad SMARTS) is 1. The highest BCUT2D eigenvalue weighted by atomic mass is 16.5. The van der Waals surface area contributed by atoms with Crippen LogP contribution in [0, 0.1) is 0 Å². The SMILES string of the molecule is C=CC(OC(=O)CCC(=O)O)c1cccnc1. The van der Waals surface area contributed by atoms with Gasteiger partial charge >= 0.3 is 11.9 Å². The van der Waals surface area contributed by atoms with Gasteiger partial charge in [-0.2, -0.15) is 0 Å². The Balaban J connectivity index is 2.56. The maximum atomic E-state index is 11.3. The van der Waals surface area contributed by atoms with Gasteiger partial charge in [-0.25, -0.2) is 0 Å². The van der Waals surface area contributed by atoms with Gasteiger partial charge in [-0.3, -0.25) is 14.6 Å². The standard InChI is InChI=1S/C12H13NO4/c1-2-10(9-4-3-7-13-8-9)17-12(16)6-5-11(14)15/h2-4,7-8,10H,1,5-6H2,(H,14,15). The Bertz CT molecular complexity index is 402. The van der Waals surface area contributed by atoms with Crippen molar-refractivity contribution in [2.24, 2.45) is 0 Å². The molecule has 1 heterocycles. The zero-order valence-electron chi connectivity index (χ0n) is 9.20. The molecule has 1 atom stereocenters. The maximum Gasteiger partial charge on any atom is 0.307 e. The summed E-state index contributed by atoms with van der Waals surface area (Å²) in [6.45, 7) is 3.56. The van der Waals surface area contributed by atoms with E-state index < -0.39 is 18.0 Å². The van der Waals surface area contributed by atoms with Crippen molar-refractivity contribution in [3.05, 3.63) is 42.7 Å². The number of hydrogen-bond donors (Lipinski definition) is 1. The Kier molecular flexibility index (Phi) is 4.87. The lowest BCUT2D eigenvalue weighted by Gasteiger charge is -2.13. The second kappa shape index (κ2) is 6.42. The molecule has 0 aliphatic carbocycles. The van der Waals surface area contributed by atoms with Gasteiger partial charge in [0.25, 0.3) is 0 Å². The predicted octanol–water partition coefficient (Wildman–Crippen LogP) is 1.72. The van der Waals surface area contributed by atoms with Gasteiger partial charge in [0.15, 0.2) is 0 Å². The third-order valence-electron chi connectivity index (χ3n) is 2.03. The molecule has 0 aliphatic rings. The topological polar surface area (TPSA) is 76.5 Å². The molecule has 0 bridgehead atoms. The van der Waals surface area contributed by atoms with Crippen molar-refractivity contribution in [1.82, 2.24) is 4.98 Å². The third kappa shape index (κ3) is 4.46. The minimum Gasteiger partial charge on any atom is -0.481 e. The van der Waals surface area contributed by atoms with Crippen molar-refractivity contribution >= 4 is 11.9 Å². The van der Waals surface area contributed by atoms with Crippen molar-refractivity contribution in [3.63, 3.8) is 0 Å². The van der Waals surface area contributed by atoms with E-state index in [-0.39, 0.29) is 12.8 Å². The first-order valence-electron chi connectivity index (χ1n) is 5.07. The minimum absolute atomic E-state index is 0.153. The first-order chi connectivity index (χ1) is 8.13. The quantitative estimate of drug-likeness (QED) is 0.600. The predicted molar refractivity (Wildman–Crippen MR) is 60.1 cm³/mol. The largest absolute Gasteiger partial charge is 0.481 e. The van der Waals surface area contributed by atoms with Crippen LogP contribution in [0.25, 0.3) is 0 Å². The highest BCUT2D eigenvalue weighted by molar-refractivity contribution is 5.76. The van der Waals surface area contributed by atoms with Crippen molar-refractivity contribution in [2.45, 2.75) is 18.9 Å². The Morgan fingerprint density at radius 2 is 2.29 bits per heavy atom. The molecule has 1 rings (SSSR count). The molecule has 0 saturated carbocycles. The zero-order valence-corrected chi connectivity index (χ0v) is 9.20. The molecule has 1 aromatic rings. The van der Waals surface area contributed by atoms with Crippen LogP contribution in [0.15, 0.2) is 37.2 Å². The summed E-state index contributed by atoms with van der Waals surface area (Å²) < 4.78 is 5.08. The van der Waals surface area contributed by atoms with E-state index in [9.17, 15) is 9.59 Å². The molecular weight excluding hydrogens is 222 g/mol. The molecule has 90 valence electrons. The average molecular weight is 235 g/mol. The van der Waals surface area contributed by atoms with Gasteiger partial charge in [-0.05, 0) is 12.1 Å². The van der Waals surface area contributed by atoms with E-state index in [0.29, 0.717) is 5.56 Å². The van der Waals surface area contributed by atoms with Gasteiger partial charge in [0, 0.05) is 18.0 Å². The smallest absolute Gasteiger partial charge is 0.307 e. The van der Waals surface area contributed by atoms with Crippen LogP contribution in [-0.2, 0) is 14.3 Å². The van der Waals surface area contributed by atoms with Crippen molar-refractivity contribution < 1.29 is 19.4 Å². The van der Waals surface area contributed by atoms with Crippen LogP contribution in [0.3, 0.4) is 0 Å². The lowest BCUT2D eigenvalue weighted by atomic mass is 10.1. The Morgan fingerprint density at radius 1 is 1.53 bits per heavy atom. The second-order valence-electron chi connectivity index (χ2n) is 3.33. The van der Waals surface area contributed by atoms with Crippen LogP contribution in [0.1, 0.15) is 24.5 Å². The number of rotatable bonds is 6. The Morgan fingerprint density at radius 3 is 2.82 bits per heavy atom. The number of aromatic nitrogens is 1. The lowest BCUT2D eigenvalue weighted by Crippen LogP contribution is -2.11. The molecule has 1 N–H and O–H groups in total. The molecule has 0 saturated heterocycles. The number of carbonyl (C=O) groups excluding carboxylic acids is 1. The molecule has 0 aliphatic heterocycles. The summed E-state index contributed by atoms with van der Waals surface area (Å²) in [5.74, 6) is -1.60.